The third kappa shape index (κ3) is 2.84. The summed E-state index contributed by atoms with van der Waals surface area (Å²) < 4.78 is 0. The number of aliphatic hydroxyl groups is 1. The van der Waals surface area contributed by atoms with E-state index in [-0.39, 0.29) is 5.91 Å². The zero-order chi connectivity index (χ0) is 13.8. The van der Waals surface area contributed by atoms with E-state index in [1.165, 1.54) is 0 Å². The number of amides is 1. The summed E-state index contributed by atoms with van der Waals surface area (Å²) in [7, 11) is 1.69. The molecule has 1 aliphatic rings. The summed E-state index contributed by atoms with van der Waals surface area (Å²) >= 11 is 0. The van der Waals surface area contributed by atoms with Gasteiger partial charge in [-0.1, -0.05) is 26.7 Å². The topological polar surface area (TPSA) is 64.3 Å². The normalized spacial score (nSPS) is 18.4. The van der Waals surface area contributed by atoms with Gasteiger partial charge >= 0.3 is 0 Å². The van der Waals surface area contributed by atoms with Crippen molar-refractivity contribution in [1.82, 2.24) is 4.90 Å². The lowest BCUT2D eigenvalue weighted by molar-refractivity contribution is -0.141. The van der Waals surface area contributed by atoms with Crippen molar-refractivity contribution in [2.45, 2.75) is 58.0 Å². The Morgan fingerprint density at radius 2 is 1.89 bits per heavy atom. The molecule has 0 atom stereocenters. The van der Waals surface area contributed by atoms with Gasteiger partial charge in [-0.15, -0.1) is 0 Å². The summed E-state index contributed by atoms with van der Waals surface area (Å²) in [5.41, 5.74) is -1.67. The zero-order valence-electron chi connectivity index (χ0n) is 11.7. The van der Waals surface area contributed by atoms with Crippen molar-refractivity contribution in [3.8, 4) is 6.07 Å². The number of likely N-dealkylation sites (N-methyl/N-ethyl adjacent to an activating group) is 1. The lowest BCUT2D eigenvalue weighted by Gasteiger charge is -2.33. The maximum atomic E-state index is 12.4. The van der Waals surface area contributed by atoms with Gasteiger partial charge in [0.15, 0.2) is 0 Å². The van der Waals surface area contributed by atoms with Crippen LogP contribution in [0.1, 0.15) is 52.4 Å². The van der Waals surface area contributed by atoms with E-state index in [0.717, 1.165) is 25.7 Å². The molecule has 0 aromatic carbocycles. The van der Waals surface area contributed by atoms with Crippen LogP contribution in [0.15, 0.2) is 0 Å². The fourth-order valence-electron chi connectivity index (χ4n) is 2.83. The number of nitriles is 1. The number of hydrogen-bond donors (Lipinski definition) is 1. The molecular weight excluding hydrogens is 228 g/mol. The van der Waals surface area contributed by atoms with Crippen LogP contribution in [0.2, 0.25) is 0 Å². The Labute approximate surface area is 110 Å². The van der Waals surface area contributed by atoms with E-state index in [9.17, 15) is 15.2 Å². The highest BCUT2D eigenvalue weighted by atomic mass is 16.3. The third-order valence-electron chi connectivity index (χ3n) is 4.24. The number of carbonyl (C=O) groups excluding carboxylic acids is 1. The van der Waals surface area contributed by atoms with Gasteiger partial charge in [-0.2, -0.15) is 5.26 Å². The molecule has 0 radical (unpaired) electrons. The number of rotatable bonds is 5. The van der Waals surface area contributed by atoms with Crippen molar-refractivity contribution in [3.05, 3.63) is 0 Å². The highest BCUT2D eigenvalue weighted by Gasteiger charge is 2.40. The second kappa shape index (κ2) is 5.71. The highest BCUT2D eigenvalue weighted by Crippen LogP contribution is 2.32. The molecule has 0 unspecified atom stereocenters. The van der Waals surface area contributed by atoms with E-state index in [0.29, 0.717) is 19.4 Å². The monoisotopic (exact) mass is 252 g/mol. The van der Waals surface area contributed by atoms with E-state index in [1.54, 1.807) is 11.9 Å². The minimum Gasteiger partial charge on any atom is -0.388 e. The minimum atomic E-state index is -0.927. The molecule has 4 nitrogen and oxygen atoms in total. The van der Waals surface area contributed by atoms with Gasteiger partial charge in [0.1, 0.15) is 5.41 Å². The molecule has 1 amide bonds. The van der Waals surface area contributed by atoms with Gasteiger partial charge in [-0.3, -0.25) is 4.79 Å². The summed E-state index contributed by atoms with van der Waals surface area (Å²) in [4.78, 5) is 13.9. The molecular formula is C14H24N2O2. The lowest BCUT2D eigenvalue weighted by atomic mass is 9.82. The highest BCUT2D eigenvalue weighted by molar-refractivity contribution is 5.85. The van der Waals surface area contributed by atoms with Gasteiger partial charge in [0.25, 0.3) is 0 Å². The average molecular weight is 252 g/mol. The molecule has 0 aromatic rings. The molecule has 1 aliphatic carbocycles. The Bertz CT molecular complexity index is 336. The number of carbonyl (C=O) groups is 1. The van der Waals surface area contributed by atoms with Gasteiger partial charge in [0, 0.05) is 13.6 Å². The quantitative estimate of drug-likeness (QED) is 0.814. The molecule has 102 valence electrons. The Hall–Kier alpha value is -1.08. The summed E-state index contributed by atoms with van der Waals surface area (Å²) in [5, 5.41) is 19.6. The molecule has 1 saturated carbocycles. The molecule has 0 aromatic heterocycles. The van der Waals surface area contributed by atoms with Crippen molar-refractivity contribution in [2.24, 2.45) is 5.41 Å². The van der Waals surface area contributed by atoms with Crippen LogP contribution in [-0.2, 0) is 4.79 Å². The average Bonchev–Trinajstić information content (AvgIpc) is 2.78. The fourth-order valence-corrected chi connectivity index (χ4v) is 2.83. The summed E-state index contributed by atoms with van der Waals surface area (Å²) in [6, 6.07) is 2.16. The van der Waals surface area contributed by atoms with Crippen LogP contribution in [0.3, 0.4) is 0 Å². The first-order valence-corrected chi connectivity index (χ1v) is 6.82. The SMILES string of the molecule is CCC(C#N)(CC)C(=O)N(C)CC1(O)CCCC1. The molecule has 0 heterocycles. The van der Waals surface area contributed by atoms with Crippen LogP contribution in [0.25, 0.3) is 0 Å². The summed E-state index contributed by atoms with van der Waals surface area (Å²) in [6.07, 6.45) is 4.57. The Morgan fingerprint density at radius 3 is 2.28 bits per heavy atom. The molecule has 18 heavy (non-hydrogen) atoms. The Kier molecular flexibility index (Phi) is 4.75. The van der Waals surface area contributed by atoms with Crippen molar-refractivity contribution >= 4 is 5.91 Å². The van der Waals surface area contributed by atoms with Crippen LogP contribution >= 0.6 is 0 Å². The van der Waals surface area contributed by atoms with E-state index in [4.69, 9.17) is 0 Å². The fraction of sp³-hybridized carbons (Fsp3) is 0.857. The molecule has 0 bridgehead atoms. The molecule has 1 fully saturated rings. The van der Waals surface area contributed by atoms with Crippen molar-refractivity contribution in [3.63, 3.8) is 0 Å². The first-order valence-electron chi connectivity index (χ1n) is 6.82. The van der Waals surface area contributed by atoms with Gasteiger partial charge in [-0.05, 0) is 25.7 Å². The van der Waals surface area contributed by atoms with Gasteiger partial charge in [-0.25, -0.2) is 0 Å². The van der Waals surface area contributed by atoms with E-state index >= 15 is 0 Å². The van der Waals surface area contributed by atoms with Gasteiger partial charge in [0.2, 0.25) is 5.91 Å². The van der Waals surface area contributed by atoms with Crippen LogP contribution < -0.4 is 0 Å². The maximum Gasteiger partial charge on any atom is 0.242 e. The summed E-state index contributed by atoms with van der Waals surface area (Å²) in [5.74, 6) is -0.157. The number of hydrogen-bond acceptors (Lipinski definition) is 3. The third-order valence-corrected chi connectivity index (χ3v) is 4.24. The molecule has 1 N–H and O–H groups in total. The van der Waals surface area contributed by atoms with Gasteiger partial charge < -0.3 is 10.0 Å². The van der Waals surface area contributed by atoms with Crippen molar-refractivity contribution in [1.29, 1.82) is 5.26 Å². The molecule has 0 aliphatic heterocycles. The first kappa shape index (κ1) is 15.0. The Balaban J connectivity index is 2.74. The molecule has 0 saturated heterocycles. The van der Waals surface area contributed by atoms with Crippen molar-refractivity contribution < 1.29 is 9.90 Å². The first-order chi connectivity index (χ1) is 8.43. The lowest BCUT2D eigenvalue weighted by Crippen LogP contribution is -2.47. The summed E-state index contributed by atoms with van der Waals surface area (Å²) in [6.45, 7) is 4.07. The molecule has 1 rings (SSSR count). The van der Waals surface area contributed by atoms with E-state index in [2.05, 4.69) is 6.07 Å². The predicted octanol–water partition coefficient (Wildman–Crippen LogP) is 2.08. The van der Waals surface area contributed by atoms with Crippen LogP contribution in [0, 0.1) is 16.7 Å². The Morgan fingerprint density at radius 1 is 1.39 bits per heavy atom. The van der Waals surface area contributed by atoms with E-state index in [1.807, 2.05) is 13.8 Å². The predicted molar refractivity (Wildman–Crippen MR) is 69.7 cm³/mol. The second-order valence-electron chi connectivity index (χ2n) is 5.49. The molecule has 0 spiro atoms. The van der Waals surface area contributed by atoms with Crippen molar-refractivity contribution in [2.75, 3.05) is 13.6 Å². The number of nitrogens with zero attached hydrogens (tertiary/aromatic N) is 2. The van der Waals surface area contributed by atoms with Gasteiger partial charge in [0.05, 0.1) is 11.7 Å². The zero-order valence-corrected chi connectivity index (χ0v) is 11.7. The maximum absolute atomic E-state index is 12.4. The second-order valence-corrected chi connectivity index (χ2v) is 5.49. The standard InChI is InChI=1S/C14H24N2O2/c1-4-13(5-2,10-15)12(17)16(3)11-14(18)8-6-7-9-14/h18H,4-9,11H2,1-3H3. The molecule has 4 heteroatoms. The van der Waals surface area contributed by atoms with Crippen LogP contribution in [-0.4, -0.2) is 35.1 Å². The smallest absolute Gasteiger partial charge is 0.242 e. The van der Waals surface area contributed by atoms with E-state index < -0.39 is 11.0 Å². The largest absolute Gasteiger partial charge is 0.388 e. The van der Waals surface area contributed by atoms with Crippen LogP contribution in [0.5, 0.6) is 0 Å². The van der Waals surface area contributed by atoms with Crippen LogP contribution in [0.4, 0.5) is 0 Å². The minimum absolute atomic E-state index is 0.157.